The molecule has 0 unspecified atom stereocenters. The standard InChI is InChI=1S/C53H33N3O/c1-3-12-37(13-4-1)46-33-48-47-32-43(29-30-49(47)57-50(48)45-18-10-9-17-44(45)46)36-21-26-40(27-22-36)53-55-51(38-14-5-2-6-15-38)54-52(56-53)39-24-19-35(20-25-39)42-28-23-34-11-7-8-16-41(34)31-42/h1-33H. The Morgan fingerprint density at radius 3 is 1.40 bits per heavy atom. The third kappa shape index (κ3) is 5.92. The van der Waals surface area contributed by atoms with E-state index in [-0.39, 0.29) is 0 Å². The molecule has 0 amide bonds. The Morgan fingerprint density at radius 2 is 0.754 bits per heavy atom. The molecule has 0 radical (unpaired) electrons. The second-order valence-electron chi connectivity index (χ2n) is 14.4. The highest BCUT2D eigenvalue weighted by molar-refractivity contribution is 6.19. The third-order valence-electron chi connectivity index (χ3n) is 10.9. The maximum absolute atomic E-state index is 6.54. The summed E-state index contributed by atoms with van der Waals surface area (Å²) in [5, 5.41) is 6.95. The van der Waals surface area contributed by atoms with Crippen LogP contribution in [-0.4, -0.2) is 15.0 Å². The summed E-state index contributed by atoms with van der Waals surface area (Å²) in [5.41, 5.74) is 11.5. The van der Waals surface area contributed by atoms with Crippen LogP contribution in [0.1, 0.15) is 0 Å². The van der Waals surface area contributed by atoms with Gasteiger partial charge in [-0.2, -0.15) is 0 Å². The SMILES string of the molecule is c1ccc(-c2nc(-c3ccc(-c4ccc5ccccc5c4)cc3)nc(-c3ccc(-c4ccc5oc6c7ccccc7c(-c7ccccc7)cc6c5c4)cc3)n2)cc1. The van der Waals surface area contributed by atoms with Crippen molar-refractivity contribution < 1.29 is 4.42 Å². The van der Waals surface area contributed by atoms with Gasteiger partial charge in [-0.1, -0.05) is 176 Å². The molecule has 2 heterocycles. The van der Waals surface area contributed by atoms with Gasteiger partial charge in [0.05, 0.1) is 0 Å². The minimum atomic E-state index is 0.626. The minimum absolute atomic E-state index is 0.626. The molecule has 57 heavy (non-hydrogen) atoms. The van der Waals surface area contributed by atoms with Gasteiger partial charge >= 0.3 is 0 Å². The quantitative estimate of drug-likeness (QED) is 0.171. The molecule has 0 fully saturated rings. The van der Waals surface area contributed by atoms with Crippen LogP contribution in [0.2, 0.25) is 0 Å². The summed E-state index contributed by atoms with van der Waals surface area (Å²) < 4.78 is 6.54. The molecule has 11 rings (SSSR count). The first kappa shape index (κ1) is 32.7. The molecule has 0 N–H and O–H groups in total. The van der Waals surface area contributed by atoms with Gasteiger partial charge in [0.25, 0.3) is 0 Å². The second-order valence-corrected chi connectivity index (χ2v) is 14.4. The summed E-state index contributed by atoms with van der Waals surface area (Å²) in [6, 6.07) is 70.0. The summed E-state index contributed by atoms with van der Waals surface area (Å²) in [6.45, 7) is 0. The predicted molar refractivity (Wildman–Crippen MR) is 235 cm³/mol. The number of nitrogens with zero attached hydrogens (tertiary/aromatic N) is 3. The van der Waals surface area contributed by atoms with E-state index < -0.39 is 0 Å². The fourth-order valence-corrected chi connectivity index (χ4v) is 7.98. The van der Waals surface area contributed by atoms with Crippen molar-refractivity contribution in [1.82, 2.24) is 15.0 Å². The lowest BCUT2D eigenvalue weighted by atomic mass is 9.95. The lowest BCUT2D eigenvalue weighted by Gasteiger charge is -2.10. The summed E-state index contributed by atoms with van der Waals surface area (Å²) in [5.74, 6) is 1.89. The summed E-state index contributed by atoms with van der Waals surface area (Å²) in [4.78, 5) is 15.0. The summed E-state index contributed by atoms with van der Waals surface area (Å²) >= 11 is 0. The van der Waals surface area contributed by atoms with Gasteiger partial charge in [-0.05, 0) is 73.8 Å². The highest BCUT2D eigenvalue weighted by atomic mass is 16.3. The molecular formula is C53H33N3O. The number of aromatic nitrogens is 3. The van der Waals surface area contributed by atoms with Crippen molar-refractivity contribution in [3.8, 4) is 67.5 Å². The van der Waals surface area contributed by atoms with Crippen LogP contribution < -0.4 is 0 Å². The van der Waals surface area contributed by atoms with Crippen LogP contribution in [0.5, 0.6) is 0 Å². The Hall–Kier alpha value is -7.69. The molecule has 0 atom stereocenters. The first-order valence-electron chi connectivity index (χ1n) is 19.2. The van der Waals surface area contributed by atoms with Gasteiger partial charge in [0.1, 0.15) is 11.2 Å². The van der Waals surface area contributed by atoms with Gasteiger partial charge in [0.15, 0.2) is 17.5 Å². The predicted octanol–water partition coefficient (Wildman–Crippen LogP) is 14.1. The topological polar surface area (TPSA) is 51.8 Å². The van der Waals surface area contributed by atoms with Gasteiger partial charge < -0.3 is 4.42 Å². The molecule has 4 heteroatoms. The van der Waals surface area contributed by atoms with E-state index in [9.17, 15) is 0 Å². The van der Waals surface area contributed by atoms with E-state index in [1.54, 1.807) is 0 Å². The lowest BCUT2D eigenvalue weighted by molar-refractivity contribution is 0.673. The monoisotopic (exact) mass is 727 g/mol. The van der Waals surface area contributed by atoms with Crippen LogP contribution in [0, 0.1) is 0 Å². The fourth-order valence-electron chi connectivity index (χ4n) is 7.98. The largest absolute Gasteiger partial charge is 0.455 e. The van der Waals surface area contributed by atoms with Gasteiger partial charge in [-0.25, -0.2) is 15.0 Å². The zero-order chi connectivity index (χ0) is 37.7. The Balaban J connectivity index is 0.962. The van der Waals surface area contributed by atoms with Crippen molar-refractivity contribution in [1.29, 1.82) is 0 Å². The molecule has 0 saturated carbocycles. The molecule has 9 aromatic carbocycles. The summed E-state index contributed by atoms with van der Waals surface area (Å²) in [6.07, 6.45) is 0. The third-order valence-corrected chi connectivity index (χ3v) is 10.9. The number of benzene rings is 9. The second kappa shape index (κ2) is 13.6. The minimum Gasteiger partial charge on any atom is -0.455 e. The highest BCUT2D eigenvalue weighted by Crippen LogP contribution is 2.41. The number of hydrogen-bond acceptors (Lipinski definition) is 4. The van der Waals surface area contributed by atoms with E-state index in [0.717, 1.165) is 60.7 Å². The lowest BCUT2D eigenvalue weighted by Crippen LogP contribution is -2.00. The Labute approximate surface area is 329 Å². The van der Waals surface area contributed by atoms with Crippen LogP contribution in [0.3, 0.4) is 0 Å². The molecule has 11 aromatic rings. The molecular weight excluding hydrogens is 695 g/mol. The number of rotatable bonds is 6. The molecule has 0 saturated heterocycles. The number of fused-ring (bicyclic) bond motifs is 6. The normalized spacial score (nSPS) is 11.5. The van der Waals surface area contributed by atoms with Crippen LogP contribution in [0.25, 0.3) is 111 Å². The Morgan fingerprint density at radius 1 is 0.281 bits per heavy atom. The van der Waals surface area contributed by atoms with E-state index >= 15 is 0 Å². The van der Waals surface area contributed by atoms with Crippen molar-refractivity contribution in [2.24, 2.45) is 0 Å². The maximum Gasteiger partial charge on any atom is 0.164 e. The van der Waals surface area contributed by atoms with E-state index in [2.05, 4.69) is 170 Å². The fraction of sp³-hybridized carbons (Fsp3) is 0. The Kier molecular flexibility index (Phi) is 7.78. The highest BCUT2D eigenvalue weighted by Gasteiger charge is 2.17. The Bertz CT molecular complexity index is 3260. The maximum atomic E-state index is 6.54. The first-order chi connectivity index (χ1) is 28.2. The van der Waals surface area contributed by atoms with Crippen molar-refractivity contribution >= 4 is 43.5 Å². The van der Waals surface area contributed by atoms with Crippen LogP contribution in [-0.2, 0) is 0 Å². The molecule has 0 aliphatic carbocycles. The molecule has 0 aliphatic heterocycles. The molecule has 0 spiro atoms. The average Bonchev–Trinajstić information content (AvgIpc) is 3.67. The smallest absolute Gasteiger partial charge is 0.164 e. The van der Waals surface area contributed by atoms with Crippen LogP contribution in [0.15, 0.2) is 205 Å². The van der Waals surface area contributed by atoms with Gasteiger partial charge in [-0.15, -0.1) is 0 Å². The molecule has 0 aliphatic rings. The van der Waals surface area contributed by atoms with E-state index in [1.165, 1.54) is 32.8 Å². The van der Waals surface area contributed by atoms with Crippen molar-refractivity contribution in [2.45, 2.75) is 0 Å². The molecule has 0 bridgehead atoms. The van der Waals surface area contributed by atoms with Crippen LogP contribution >= 0.6 is 0 Å². The molecule has 266 valence electrons. The van der Waals surface area contributed by atoms with Gasteiger partial charge in [0.2, 0.25) is 0 Å². The van der Waals surface area contributed by atoms with Crippen molar-refractivity contribution in [3.63, 3.8) is 0 Å². The molecule has 4 nitrogen and oxygen atoms in total. The molecule has 2 aromatic heterocycles. The van der Waals surface area contributed by atoms with Gasteiger partial charge in [-0.3, -0.25) is 0 Å². The van der Waals surface area contributed by atoms with Crippen molar-refractivity contribution in [2.75, 3.05) is 0 Å². The number of hydrogen-bond donors (Lipinski definition) is 0. The zero-order valence-electron chi connectivity index (χ0n) is 30.8. The summed E-state index contributed by atoms with van der Waals surface area (Å²) in [7, 11) is 0. The van der Waals surface area contributed by atoms with Crippen LogP contribution in [0.4, 0.5) is 0 Å². The van der Waals surface area contributed by atoms with E-state index in [0.29, 0.717) is 17.5 Å². The van der Waals surface area contributed by atoms with Crippen molar-refractivity contribution in [3.05, 3.63) is 200 Å². The zero-order valence-corrected chi connectivity index (χ0v) is 30.8. The van der Waals surface area contributed by atoms with Gasteiger partial charge in [0, 0.05) is 32.8 Å². The first-order valence-corrected chi connectivity index (χ1v) is 19.2. The number of furan rings is 1. The van der Waals surface area contributed by atoms with E-state index in [1.807, 2.05) is 30.3 Å². The average molecular weight is 728 g/mol. The van der Waals surface area contributed by atoms with E-state index in [4.69, 9.17) is 19.4 Å².